The maximum absolute atomic E-state index is 11.7. The van der Waals surface area contributed by atoms with Crippen LogP contribution in [0.1, 0.15) is 110 Å². The number of hydrogen-bond acceptors (Lipinski definition) is 1. The topological polar surface area (TPSA) is 29.1 Å². The third-order valence-electron chi connectivity index (χ3n) is 5.11. The quantitative estimate of drug-likeness (QED) is 0.217. The summed E-state index contributed by atoms with van der Waals surface area (Å²) >= 11 is 0. The van der Waals surface area contributed by atoms with E-state index in [4.69, 9.17) is 0 Å². The van der Waals surface area contributed by atoms with E-state index >= 15 is 0 Å². The molecule has 0 bridgehead atoms. The zero-order valence-electron chi connectivity index (χ0n) is 18.6. The lowest BCUT2D eigenvalue weighted by molar-refractivity contribution is -0.869. The average molecular weight is 370 g/mol. The molecule has 0 radical (unpaired) electrons. The minimum absolute atomic E-state index is 0.230. The maximum Gasteiger partial charge on any atom is 0.220 e. The molecular weight excluding hydrogens is 320 g/mol. The Morgan fingerprint density at radius 3 is 1.42 bits per heavy atom. The molecule has 0 atom stereocenters. The molecule has 0 saturated heterocycles. The molecule has 156 valence electrons. The summed E-state index contributed by atoms with van der Waals surface area (Å²) in [6.07, 6.45) is 21.2. The van der Waals surface area contributed by atoms with Crippen LogP contribution in [-0.2, 0) is 4.79 Å². The summed E-state index contributed by atoms with van der Waals surface area (Å²) in [5, 5.41) is 3.03. The van der Waals surface area contributed by atoms with Crippen LogP contribution in [0.5, 0.6) is 0 Å². The first-order valence-corrected chi connectivity index (χ1v) is 11.5. The van der Waals surface area contributed by atoms with Crippen LogP contribution in [-0.4, -0.2) is 44.6 Å². The number of amides is 1. The number of hydrogen-bond donors (Lipinski definition) is 1. The van der Waals surface area contributed by atoms with E-state index in [0.29, 0.717) is 6.42 Å². The Kier molecular flexibility index (Phi) is 17.4. The third kappa shape index (κ3) is 21.5. The van der Waals surface area contributed by atoms with Gasteiger partial charge in [-0.05, 0) is 6.42 Å². The second kappa shape index (κ2) is 17.8. The van der Waals surface area contributed by atoms with Crippen LogP contribution in [0.15, 0.2) is 0 Å². The molecule has 0 rings (SSSR count). The van der Waals surface area contributed by atoms with Gasteiger partial charge in [0.05, 0.1) is 34.2 Å². The van der Waals surface area contributed by atoms with Gasteiger partial charge in [0.25, 0.3) is 0 Å². The van der Waals surface area contributed by atoms with E-state index in [0.717, 1.165) is 24.0 Å². The monoisotopic (exact) mass is 369 g/mol. The Labute approximate surface area is 164 Å². The Balaban J connectivity index is 3.16. The van der Waals surface area contributed by atoms with Crippen molar-refractivity contribution in [1.82, 2.24) is 5.32 Å². The lowest BCUT2D eigenvalue weighted by Crippen LogP contribution is -2.41. The van der Waals surface area contributed by atoms with Crippen LogP contribution in [0.2, 0.25) is 0 Å². The van der Waals surface area contributed by atoms with Gasteiger partial charge in [-0.3, -0.25) is 4.79 Å². The Bertz CT molecular complexity index is 310. The molecule has 0 aromatic rings. The normalized spacial score (nSPS) is 11.7. The maximum atomic E-state index is 11.7. The Hall–Kier alpha value is -0.570. The van der Waals surface area contributed by atoms with Crippen LogP contribution in [0.4, 0.5) is 0 Å². The van der Waals surface area contributed by atoms with Gasteiger partial charge >= 0.3 is 0 Å². The summed E-state index contributed by atoms with van der Waals surface area (Å²) < 4.78 is 0.902. The largest absolute Gasteiger partial charge is 0.350 e. The molecule has 1 N–H and O–H groups in total. The van der Waals surface area contributed by atoms with Crippen molar-refractivity contribution < 1.29 is 9.28 Å². The fourth-order valence-corrected chi connectivity index (χ4v) is 3.28. The third-order valence-corrected chi connectivity index (χ3v) is 5.11. The zero-order chi connectivity index (χ0) is 19.5. The van der Waals surface area contributed by atoms with Gasteiger partial charge in [-0.2, -0.15) is 0 Å². The fraction of sp³-hybridized carbons (Fsp3) is 0.957. The van der Waals surface area contributed by atoms with Crippen LogP contribution in [0.3, 0.4) is 0 Å². The fourth-order valence-electron chi connectivity index (χ4n) is 3.28. The number of quaternary nitrogens is 1. The highest BCUT2D eigenvalue weighted by Crippen LogP contribution is 2.13. The molecule has 0 aromatic heterocycles. The first-order valence-electron chi connectivity index (χ1n) is 11.5. The standard InChI is InChI=1S/C23H48N2O/c1-5-6-7-8-9-10-11-12-13-14-15-16-17-18-19-20-23(26)24-21-22-25(2,3)4/h5-22H2,1-4H3/p+1. The molecule has 0 aliphatic rings. The van der Waals surface area contributed by atoms with Gasteiger partial charge in [-0.15, -0.1) is 0 Å². The Morgan fingerprint density at radius 2 is 1.04 bits per heavy atom. The summed E-state index contributed by atoms with van der Waals surface area (Å²) in [7, 11) is 6.46. The van der Waals surface area contributed by atoms with E-state index < -0.39 is 0 Å². The molecule has 3 heteroatoms. The average Bonchev–Trinajstić information content (AvgIpc) is 2.57. The molecule has 0 saturated carbocycles. The van der Waals surface area contributed by atoms with Crippen molar-refractivity contribution in [3.63, 3.8) is 0 Å². The van der Waals surface area contributed by atoms with Crippen LogP contribution >= 0.6 is 0 Å². The van der Waals surface area contributed by atoms with Crippen LogP contribution in [0, 0.1) is 0 Å². The summed E-state index contributed by atoms with van der Waals surface area (Å²) in [6.45, 7) is 4.07. The Morgan fingerprint density at radius 1 is 0.654 bits per heavy atom. The summed E-state index contributed by atoms with van der Waals surface area (Å²) in [4.78, 5) is 11.7. The molecule has 0 aromatic carbocycles. The van der Waals surface area contributed by atoms with Crippen molar-refractivity contribution in [3.05, 3.63) is 0 Å². The molecular formula is C23H49N2O+. The smallest absolute Gasteiger partial charge is 0.220 e. The molecule has 0 aliphatic carbocycles. The van der Waals surface area contributed by atoms with Crippen molar-refractivity contribution in [3.8, 4) is 0 Å². The van der Waals surface area contributed by atoms with E-state index in [9.17, 15) is 4.79 Å². The number of unbranched alkanes of at least 4 members (excludes halogenated alkanes) is 14. The molecule has 1 amide bonds. The summed E-state index contributed by atoms with van der Waals surface area (Å²) in [5.74, 6) is 0.230. The van der Waals surface area contributed by atoms with Gasteiger partial charge in [-0.1, -0.05) is 96.8 Å². The lowest BCUT2D eigenvalue weighted by atomic mass is 10.0. The van der Waals surface area contributed by atoms with Gasteiger partial charge in [0.2, 0.25) is 5.91 Å². The molecule has 0 spiro atoms. The number of nitrogens with zero attached hydrogens (tertiary/aromatic N) is 1. The highest BCUT2D eigenvalue weighted by atomic mass is 16.1. The van der Waals surface area contributed by atoms with E-state index in [1.54, 1.807) is 0 Å². The van der Waals surface area contributed by atoms with Crippen molar-refractivity contribution in [2.45, 2.75) is 110 Å². The predicted molar refractivity (Wildman–Crippen MR) is 115 cm³/mol. The number of nitrogens with one attached hydrogen (secondary N) is 1. The van der Waals surface area contributed by atoms with Crippen molar-refractivity contribution >= 4 is 5.91 Å². The molecule has 0 unspecified atom stereocenters. The predicted octanol–water partition coefficient (Wildman–Crippen LogP) is 6.07. The number of rotatable bonds is 19. The highest BCUT2D eigenvalue weighted by Gasteiger charge is 2.07. The lowest BCUT2D eigenvalue weighted by Gasteiger charge is -2.23. The van der Waals surface area contributed by atoms with Gasteiger partial charge in [0.1, 0.15) is 0 Å². The van der Waals surface area contributed by atoms with E-state index in [2.05, 4.69) is 33.4 Å². The minimum atomic E-state index is 0.230. The molecule has 0 fully saturated rings. The number of carbonyl (C=O) groups excluding carboxylic acids is 1. The SMILES string of the molecule is CCCCCCCCCCCCCCCCCC(=O)NCC[N+](C)(C)C. The van der Waals surface area contributed by atoms with Gasteiger partial charge in [0, 0.05) is 6.42 Å². The number of likely N-dealkylation sites (N-methyl/N-ethyl adjacent to an activating group) is 1. The van der Waals surface area contributed by atoms with Gasteiger partial charge < -0.3 is 9.80 Å². The zero-order valence-corrected chi connectivity index (χ0v) is 18.6. The molecule has 26 heavy (non-hydrogen) atoms. The van der Waals surface area contributed by atoms with E-state index in [-0.39, 0.29) is 5.91 Å². The first-order chi connectivity index (χ1) is 12.5. The van der Waals surface area contributed by atoms with Crippen LogP contribution < -0.4 is 5.32 Å². The minimum Gasteiger partial charge on any atom is -0.350 e. The molecule has 0 heterocycles. The van der Waals surface area contributed by atoms with Gasteiger partial charge in [0.15, 0.2) is 0 Å². The second-order valence-electron chi connectivity index (χ2n) is 9.06. The molecule has 0 aliphatic heterocycles. The molecule has 3 nitrogen and oxygen atoms in total. The van der Waals surface area contributed by atoms with Gasteiger partial charge in [-0.25, -0.2) is 0 Å². The second-order valence-corrected chi connectivity index (χ2v) is 9.06. The first kappa shape index (κ1) is 25.4. The highest BCUT2D eigenvalue weighted by molar-refractivity contribution is 5.75. The van der Waals surface area contributed by atoms with Crippen molar-refractivity contribution in [1.29, 1.82) is 0 Å². The number of carbonyl (C=O) groups is 1. The summed E-state index contributed by atoms with van der Waals surface area (Å²) in [6, 6.07) is 0. The summed E-state index contributed by atoms with van der Waals surface area (Å²) in [5.41, 5.74) is 0. The van der Waals surface area contributed by atoms with Crippen LogP contribution in [0.25, 0.3) is 0 Å². The van der Waals surface area contributed by atoms with E-state index in [1.807, 2.05) is 0 Å². The van der Waals surface area contributed by atoms with Crippen molar-refractivity contribution in [2.24, 2.45) is 0 Å². The van der Waals surface area contributed by atoms with Crippen molar-refractivity contribution in [2.75, 3.05) is 34.2 Å². The van der Waals surface area contributed by atoms with E-state index in [1.165, 1.54) is 89.9 Å².